The fraction of sp³-hybridized carbons (Fsp3) is 0.357. The summed E-state index contributed by atoms with van der Waals surface area (Å²) in [5, 5.41) is 0. The van der Waals surface area contributed by atoms with Gasteiger partial charge in [-0.15, -0.1) is 0 Å². The zero-order valence-electron chi connectivity index (χ0n) is 11.0. The van der Waals surface area contributed by atoms with Crippen molar-refractivity contribution >= 4 is 15.0 Å². The molecule has 98 valence electrons. The van der Waals surface area contributed by atoms with Crippen molar-refractivity contribution in [3.63, 3.8) is 0 Å². The highest BCUT2D eigenvalue weighted by atomic mass is 28.3. The van der Waals surface area contributed by atoms with Gasteiger partial charge in [0.2, 0.25) is 9.04 Å². The van der Waals surface area contributed by atoms with Gasteiger partial charge in [0.25, 0.3) is 0 Å². The van der Waals surface area contributed by atoms with Gasteiger partial charge in [0.1, 0.15) is 5.73 Å². The van der Waals surface area contributed by atoms with E-state index in [1.165, 1.54) is 6.08 Å². The Kier molecular flexibility index (Phi) is 6.39. The zero-order chi connectivity index (χ0) is 13.4. The van der Waals surface area contributed by atoms with Gasteiger partial charge in [-0.2, -0.15) is 0 Å². The van der Waals surface area contributed by atoms with Crippen molar-refractivity contribution in [3.8, 4) is 0 Å². The maximum atomic E-state index is 11.2. The Labute approximate surface area is 110 Å². The number of esters is 1. The molecule has 18 heavy (non-hydrogen) atoms. The van der Waals surface area contributed by atoms with Crippen molar-refractivity contribution in [2.45, 2.75) is 32.2 Å². The van der Waals surface area contributed by atoms with Gasteiger partial charge in [0.15, 0.2) is 0 Å². The van der Waals surface area contributed by atoms with Crippen molar-refractivity contribution in [3.05, 3.63) is 48.6 Å². The van der Waals surface area contributed by atoms with E-state index in [9.17, 15) is 4.79 Å². The highest BCUT2D eigenvalue weighted by Gasteiger charge is 2.21. The molecule has 0 bridgehead atoms. The fourth-order valence-corrected chi connectivity index (χ4v) is 3.28. The van der Waals surface area contributed by atoms with Crippen LogP contribution in [0.15, 0.2) is 43.0 Å². The second kappa shape index (κ2) is 7.84. The Bertz CT molecular complexity index is 378. The molecule has 0 radical (unpaired) electrons. The molecule has 4 heteroatoms. The van der Waals surface area contributed by atoms with E-state index in [-0.39, 0.29) is 11.7 Å². The normalized spacial score (nSPS) is 13.7. The minimum Gasteiger partial charge on any atom is -0.460 e. The first-order chi connectivity index (χ1) is 8.67. The summed E-state index contributed by atoms with van der Waals surface area (Å²) in [6.45, 7) is 8.03. The number of ether oxygens (including phenoxy) is 1. The minimum atomic E-state index is -1.55. The number of carbonyl (C=O) groups excluding carboxylic acids is 1. The first-order valence-electron chi connectivity index (χ1n) is 6.16. The molecule has 0 aliphatic rings. The van der Waals surface area contributed by atoms with Crippen LogP contribution in [-0.2, 0) is 20.6 Å². The van der Waals surface area contributed by atoms with E-state index in [1.54, 1.807) is 0 Å². The Morgan fingerprint density at radius 1 is 1.44 bits per heavy atom. The van der Waals surface area contributed by atoms with E-state index < -0.39 is 9.04 Å². The quantitative estimate of drug-likeness (QED) is 0.431. The smallest absolute Gasteiger partial charge is 0.330 e. The molecule has 0 aromatic heterocycles. The lowest BCUT2D eigenvalue weighted by Crippen LogP contribution is -2.34. The lowest BCUT2D eigenvalue weighted by molar-refractivity contribution is -0.140. The summed E-state index contributed by atoms with van der Waals surface area (Å²) >= 11 is 0. The van der Waals surface area contributed by atoms with Gasteiger partial charge in [-0.25, -0.2) is 4.79 Å². The number of carbonyl (C=O) groups is 1. The molecule has 1 aromatic carbocycles. The lowest BCUT2D eigenvalue weighted by Gasteiger charge is -2.21. The highest BCUT2D eigenvalue weighted by molar-refractivity contribution is 6.51. The SMILES string of the molecule is C=CC(=O)OC(CC)[SiH](C)OCc1ccccc1. The third-order valence-electron chi connectivity index (χ3n) is 2.72. The molecule has 0 N–H and O–H groups in total. The zero-order valence-corrected chi connectivity index (χ0v) is 12.1. The molecule has 0 fully saturated rings. The molecule has 0 amide bonds. The number of hydrogen-bond acceptors (Lipinski definition) is 3. The summed E-state index contributed by atoms with van der Waals surface area (Å²) in [4.78, 5) is 11.2. The lowest BCUT2D eigenvalue weighted by atomic mass is 10.2. The fourth-order valence-electron chi connectivity index (χ4n) is 1.62. The van der Waals surface area contributed by atoms with Crippen LogP contribution in [0.4, 0.5) is 0 Å². The van der Waals surface area contributed by atoms with E-state index in [0.29, 0.717) is 6.61 Å². The van der Waals surface area contributed by atoms with Gasteiger partial charge in [0, 0.05) is 6.08 Å². The Balaban J connectivity index is 2.44. The van der Waals surface area contributed by atoms with Gasteiger partial charge >= 0.3 is 5.97 Å². The first-order valence-corrected chi connectivity index (χ1v) is 8.45. The predicted molar refractivity (Wildman–Crippen MR) is 74.6 cm³/mol. The molecule has 0 heterocycles. The van der Waals surface area contributed by atoms with Gasteiger partial charge < -0.3 is 9.16 Å². The molecule has 0 saturated heterocycles. The van der Waals surface area contributed by atoms with E-state index in [4.69, 9.17) is 9.16 Å². The van der Waals surface area contributed by atoms with Crippen LogP contribution in [0.2, 0.25) is 6.55 Å². The molecule has 3 nitrogen and oxygen atoms in total. The van der Waals surface area contributed by atoms with Crippen LogP contribution in [-0.4, -0.2) is 20.7 Å². The largest absolute Gasteiger partial charge is 0.460 e. The third-order valence-corrected chi connectivity index (χ3v) is 5.06. The standard InChI is InChI=1S/C14H20O3Si/c1-4-13(15)17-14(5-2)18(3)16-11-12-9-7-6-8-10-12/h4,6-10,14,18H,1,5,11H2,2-3H3. The van der Waals surface area contributed by atoms with Gasteiger partial charge in [-0.1, -0.05) is 43.8 Å². The molecule has 0 saturated carbocycles. The predicted octanol–water partition coefficient (Wildman–Crippen LogP) is 2.60. The number of rotatable bonds is 7. The summed E-state index contributed by atoms with van der Waals surface area (Å²) in [7, 11) is -1.55. The van der Waals surface area contributed by atoms with Crippen molar-refractivity contribution in [2.75, 3.05) is 0 Å². The molecule has 0 spiro atoms. The molecule has 0 aliphatic heterocycles. The summed E-state index contributed by atoms with van der Waals surface area (Å²) < 4.78 is 11.1. The maximum Gasteiger partial charge on any atom is 0.330 e. The Morgan fingerprint density at radius 2 is 2.11 bits per heavy atom. The summed E-state index contributed by atoms with van der Waals surface area (Å²) in [6.07, 6.45) is 1.97. The Hall–Kier alpha value is -1.39. The van der Waals surface area contributed by atoms with Crippen molar-refractivity contribution in [2.24, 2.45) is 0 Å². The average Bonchev–Trinajstić information content (AvgIpc) is 2.42. The second-order valence-electron chi connectivity index (χ2n) is 4.09. The third kappa shape index (κ3) is 4.85. The molecule has 1 aromatic rings. The summed E-state index contributed by atoms with van der Waals surface area (Å²) in [5.74, 6) is -0.371. The van der Waals surface area contributed by atoms with Crippen LogP contribution < -0.4 is 0 Å². The van der Waals surface area contributed by atoms with E-state index in [2.05, 4.69) is 6.58 Å². The van der Waals surface area contributed by atoms with Crippen LogP contribution in [0.3, 0.4) is 0 Å². The molecular weight excluding hydrogens is 244 g/mol. The highest BCUT2D eigenvalue weighted by Crippen LogP contribution is 2.09. The van der Waals surface area contributed by atoms with Crippen LogP contribution in [0.1, 0.15) is 18.9 Å². The van der Waals surface area contributed by atoms with Gasteiger partial charge in [0.05, 0.1) is 6.61 Å². The number of benzene rings is 1. The Morgan fingerprint density at radius 3 is 2.67 bits per heavy atom. The first kappa shape index (κ1) is 14.7. The topological polar surface area (TPSA) is 35.5 Å². The molecule has 0 aliphatic carbocycles. The molecule has 2 unspecified atom stereocenters. The molecule has 2 atom stereocenters. The summed E-state index contributed by atoms with van der Waals surface area (Å²) in [5.41, 5.74) is 1.04. The van der Waals surface area contributed by atoms with Crippen LogP contribution in [0.5, 0.6) is 0 Å². The van der Waals surface area contributed by atoms with Crippen molar-refractivity contribution in [1.29, 1.82) is 0 Å². The van der Waals surface area contributed by atoms with Crippen molar-refractivity contribution in [1.82, 2.24) is 0 Å². The monoisotopic (exact) mass is 264 g/mol. The van der Waals surface area contributed by atoms with E-state index >= 15 is 0 Å². The van der Waals surface area contributed by atoms with Crippen LogP contribution >= 0.6 is 0 Å². The maximum absolute atomic E-state index is 11.2. The van der Waals surface area contributed by atoms with Crippen LogP contribution in [0.25, 0.3) is 0 Å². The van der Waals surface area contributed by atoms with Gasteiger partial charge in [-0.05, 0) is 18.5 Å². The second-order valence-corrected chi connectivity index (χ2v) is 6.58. The van der Waals surface area contributed by atoms with E-state index in [0.717, 1.165) is 12.0 Å². The van der Waals surface area contributed by atoms with E-state index in [1.807, 2.05) is 43.8 Å². The summed E-state index contributed by atoms with van der Waals surface area (Å²) in [6, 6.07) is 10.0. The minimum absolute atomic E-state index is 0.0980. The molecule has 1 rings (SSSR count). The molecular formula is C14H20O3Si. The van der Waals surface area contributed by atoms with Gasteiger partial charge in [-0.3, -0.25) is 0 Å². The van der Waals surface area contributed by atoms with Crippen LogP contribution in [0, 0.1) is 0 Å². The van der Waals surface area contributed by atoms with Crippen molar-refractivity contribution < 1.29 is 14.0 Å². The average molecular weight is 264 g/mol. The number of hydrogen-bond donors (Lipinski definition) is 0.